The Bertz CT molecular complexity index is 1070. The van der Waals surface area contributed by atoms with Gasteiger partial charge < -0.3 is 14.9 Å². The van der Waals surface area contributed by atoms with E-state index in [1.54, 1.807) is 0 Å². The Morgan fingerprint density at radius 1 is 0.667 bits per heavy atom. The van der Waals surface area contributed by atoms with Gasteiger partial charge in [0.05, 0.1) is 5.54 Å². The SMILES string of the molecule is C1=CCC/C=C\CC1.C[C@@H](N1Cc2ccccc2C1(c1ccccc1)c1ccccc1)C(C)(C)C.[CH3-].[CH3-].[Cl][Rh+2]. The Morgan fingerprint density at radius 2 is 1.05 bits per heavy atom. The Kier molecular flexibility index (Phi) is 15.2. The van der Waals surface area contributed by atoms with Crippen molar-refractivity contribution in [2.24, 2.45) is 5.41 Å². The van der Waals surface area contributed by atoms with Crippen LogP contribution in [0.15, 0.2) is 109 Å². The molecule has 0 amide bonds. The van der Waals surface area contributed by atoms with Crippen LogP contribution in [0.3, 0.4) is 0 Å². The van der Waals surface area contributed by atoms with E-state index in [2.05, 4.69) is 152 Å². The molecule has 0 aromatic heterocycles. The van der Waals surface area contributed by atoms with Crippen molar-refractivity contribution in [2.75, 3.05) is 0 Å². The zero-order valence-electron chi connectivity index (χ0n) is 24.7. The molecule has 0 bridgehead atoms. The molecule has 39 heavy (non-hydrogen) atoms. The number of rotatable bonds is 3. The summed E-state index contributed by atoms with van der Waals surface area (Å²) in [5.74, 6) is 0. The number of hydrogen-bond donors (Lipinski definition) is 0. The van der Waals surface area contributed by atoms with Crippen molar-refractivity contribution >= 4 is 9.69 Å². The molecule has 0 N–H and O–H groups in total. The van der Waals surface area contributed by atoms with Crippen molar-refractivity contribution in [3.05, 3.63) is 146 Å². The summed E-state index contributed by atoms with van der Waals surface area (Å²) in [4.78, 5) is 2.71. The first kappa shape index (κ1) is 35.0. The van der Waals surface area contributed by atoms with Crippen LogP contribution >= 0.6 is 9.69 Å². The molecule has 0 radical (unpaired) electrons. The molecule has 1 aliphatic heterocycles. The molecule has 1 heterocycles. The van der Waals surface area contributed by atoms with Gasteiger partial charge in [-0.1, -0.05) is 130 Å². The normalized spacial score (nSPS) is 17.2. The number of hydrogen-bond acceptors (Lipinski definition) is 1. The fraction of sp³-hybridized carbons (Fsp3) is 0.333. The van der Waals surface area contributed by atoms with Crippen LogP contribution in [0.4, 0.5) is 0 Å². The van der Waals surface area contributed by atoms with E-state index in [1.165, 1.54) is 47.9 Å². The first-order valence-corrected chi connectivity index (χ1v) is 15.5. The summed E-state index contributed by atoms with van der Waals surface area (Å²) in [6, 6.07) is 31.4. The van der Waals surface area contributed by atoms with E-state index in [9.17, 15) is 0 Å². The maximum absolute atomic E-state index is 4.53. The van der Waals surface area contributed by atoms with E-state index in [4.69, 9.17) is 0 Å². The summed E-state index contributed by atoms with van der Waals surface area (Å²) in [5, 5.41) is 0. The van der Waals surface area contributed by atoms with Crippen molar-refractivity contribution in [3.63, 3.8) is 0 Å². The minimum absolute atomic E-state index is 0. The monoisotopic (exact) mass is 631 g/mol. The number of benzene rings is 3. The number of nitrogens with zero attached hydrogens (tertiary/aromatic N) is 1. The van der Waals surface area contributed by atoms with Crippen molar-refractivity contribution < 1.29 is 17.3 Å². The van der Waals surface area contributed by atoms with Crippen LogP contribution in [0.1, 0.15) is 75.6 Å². The predicted molar refractivity (Wildman–Crippen MR) is 169 cm³/mol. The third-order valence-electron chi connectivity index (χ3n) is 7.62. The number of halogens is 1. The maximum atomic E-state index is 4.53. The molecule has 0 unspecified atom stereocenters. The third kappa shape index (κ3) is 8.26. The van der Waals surface area contributed by atoms with Crippen molar-refractivity contribution in [2.45, 2.75) is 71.5 Å². The van der Waals surface area contributed by atoms with E-state index in [0.29, 0.717) is 6.04 Å². The van der Waals surface area contributed by atoms with Crippen molar-refractivity contribution in [3.8, 4) is 0 Å². The molecule has 3 aromatic carbocycles. The van der Waals surface area contributed by atoms with Gasteiger partial charge in [0.25, 0.3) is 0 Å². The van der Waals surface area contributed by atoms with Crippen LogP contribution in [0, 0.1) is 20.3 Å². The second kappa shape index (κ2) is 17.0. The molecular weight excluding hydrogens is 585 g/mol. The van der Waals surface area contributed by atoms with Gasteiger partial charge in [0, 0.05) is 12.6 Å². The standard InChI is InChI=1S/C26H29N.C8H12.2CH3.ClH.Rh/c1-20(25(2,3)4)27-19-21-13-11-12-18-24(21)26(27,22-14-7-5-8-15-22)23-16-9-6-10-17-23;1-2-4-6-8-7-5-3-1;;;;/h5-18,20H,19H2,1-4H3;1-2,7-8H,3-6H2;2*1H3;1H;/q;;2*-1;;+3/p-1/b;2-1-,8-7?;;;;/t20-;;;;;/m1...../s1. The van der Waals surface area contributed by atoms with E-state index in [1.807, 2.05) is 17.3 Å². The van der Waals surface area contributed by atoms with Gasteiger partial charge in [0.2, 0.25) is 0 Å². The summed E-state index contributed by atoms with van der Waals surface area (Å²) in [7, 11) is 4.53. The summed E-state index contributed by atoms with van der Waals surface area (Å²) in [6.45, 7) is 10.4. The predicted octanol–water partition coefficient (Wildman–Crippen LogP) is 10.5. The molecule has 0 saturated carbocycles. The molecule has 1 atom stereocenters. The van der Waals surface area contributed by atoms with Crippen molar-refractivity contribution in [1.82, 2.24) is 4.90 Å². The molecule has 5 rings (SSSR count). The summed E-state index contributed by atoms with van der Waals surface area (Å²) in [6.07, 6.45) is 14.0. The van der Waals surface area contributed by atoms with Crippen LogP contribution < -0.4 is 0 Å². The second-order valence-electron chi connectivity index (χ2n) is 10.9. The molecule has 212 valence electrons. The van der Waals surface area contributed by atoms with Gasteiger partial charge in [-0.05, 0) is 60.3 Å². The quantitative estimate of drug-likeness (QED) is 0.158. The molecule has 3 heteroatoms. The molecule has 0 fully saturated rings. The molecule has 0 saturated heterocycles. The van der Waals surface area contributed by atoms with E-state index in [0.717, 1.165) is 6.54 Å². The average molecular weight is 632 g/mol. The van der Waals surface area contributed by atoms with Gasteiger partial charge in [-0.15, -0.1) is 0 Å². The van der Waals surface area contributed by atoms with Crippen LogP contribution in [0.2, 0.25) is 0 Å². The fourth-order valence-corrected chi connectivity index (χ4v) is 5.39. The van der Waals surface area contributed by atoms with Gasteiger partial charge in [0.15, 0.2) is 0 Å². The van der Waals surface area contributed by atoms with E-state index < -0.39 is 0 Å². The molecule has 1 nitrogen and oxygen atoms in total. The Balaban J connectivity index is 0.000000543. The van der Waals surface area contributed by atoms with Crippen LogP contribution in [-0.2, 0) is 29.4 Å². The van der Waals surface area contributed by atoms with Crippen LogP contribution in [0.25, 0.3) is 0 Å². The molecular formula is C36H47ClNRh. The summed E-state index contributed by atoms with van der Waals surface area (Å²) in [5.41, 5.74) is 5.46. The second-order valence-corrected chi connectivity index (χ2v) is 10.9. The fourth-order valence-electron chi connectivity index (χ4n) is 5.39. The van der Waals surface area contributed by atoms with E-state index in [-0.39, 0.29) is 25.8 Å². The first-order valence-electron chi connectivity index (χ1n) is 13.3. The van der Waals surface area contributed by atoms with Crippen LogP contribution in [0.5, 0.6) is 0 Å². The number of allylic oxidation sites excluding steroid dienone is 4. The molecule has 0 spiro atoms. The minimum atomic E-state index is -0.258. The average Bonchev–Trinajstić information content (AvgIpc) is 3.26. The molecule has 2 aliphatic rings. The van der Waals surface area contributed by atoms with Gasteiger partial charge in [0.1, 0.15) is 0 Å². The van der Waals surface area contributed by atoms with Crippen molar-refractivity contribution in [1.29, 1.82) is 0 Å². The van der Waals surface area contributed by atoms with Gasteiger partial charge >= 0.3 is 27.0 Å². The van der Waals surface area contributed by atoms with Gasteiger partial charge in [-0.3, -0.25) is 4.90 Å². The summed E-state index contributed by atoms with van der Waals surface area (Å²) < 4.78 is 0. The first-order chi connectivity index (χ1) is 18.0. The Hall–Kier alpha value is -1.99. The van der Waals surface area contributed by atoms with Gasteiger partial charge in [-0.25, -0.2) is 0 Å². The summed E-state index contributed by atoms with van der Waals surface area (Å²) >= 11 is 2.02. The van der Waals surface area contributed by atoms with E-state index >= 15 is 0 Å². The zero-order chi connectivity index (χ0) is 26.7. The Morgan fingerprint density at radius 3 is 1.46 bits per heavy atom. The topological polar surface area (TPSA) is 3.24 Å². The van der Waals surface area contributed by atoms with Gasteiger partial charge in [-0.2, -0.15) is 0 Å². The number of fused-ring (bicyclic) bond motifs is 1. The zero-order valence-corrected chi connectivity index (χ0v) is 27.1. The third-order valence-corrected chi connectivity index (χ3v) is 7.62. The Labute approximate surface area is 254 Å². The molecule has 1 aliphatic carbocycles. The molecule has 3 aromatic rings. The van der Waals surface area contributed by atoms with Crippen LogP contribution in [-0.4, -0.2) is 10.9 Å².